The number of benzene rings is 1. The zero-order valence-electron chi connectivity index (χ0n) is 19.7. The van der Waals surface area contributed by atoms with Crippen molar-refractivity contribution < 1.29 is 0 Å². The molecule has 1 aliphatic carbocycles. The van der Waals surface area contributed by atoms with Crippen LogP contribution < -0.4 is 10.9 Å². The summed E-state index contributed by atoms with van der Waals surface area (Å²) >= 11 is 0. The average Bonchev–Trinajstić information content (AvgIpc) is 3.48. The lowest BCUT2D eigenvalue weighted by atomic mass is 10.1. The van der Waals surface area contributed by atoms with E-state index in [-0.39, 0.29) is 0 Å². The fourth-order valence-corrected chi connectivity index (χ4v) is 4.10. The standard InChI is InChI=1S/C21H21N7.2C2H6/c1-24-27-15-12-25-21(26-13-15)20-18(11-23)17-10-14(8-9-22)6-7-19(17)28(20)16-4-2-3-5-16;2*1-2/h6-7,10,12-13,16,24,27H,2-5,8H2,1H3;2*1-2H3. The summed E-state index contributed by atoms with van der Waals surface area (Å²) in [6, 6.07) is 10.9. The van der Waals surface area contributed by atoms with E-state index in [0.29, 0.717) is 23.9 Å². The summed E-state index contributed by atoms with van der Waals surface area (Å²) in [7, 11) is 1.78. The molecule has 32 heavy (non-hydrogen) atoms. The number of nitriles is 2. The SMILES string of the molecule is CC.CC.CNNc1cnc(-c2c(C#N)c3cc(CC#N)ccc3n2C2CCCC2)nc1. The highest BCUT2D eigenvalue weighted by atomic mass is 15.3. The number of anilines is 1. The van der Waals surface area contributed by atoms with Crippen LogP contribution >= 0.6 is 0 Å². The van der Waals surface area contributed by atoms with Crippen LogP contribution in [-0.2, 0) is 6.42 Å². The van der Waals surface area contributed by atoms with Crippen molar-refractivity contribution in [1.29, 1.82) is 10.5 Å². The molecule has 1 saturated carbocycles. The minimum atomic E-state index is 0.325. The average molecular weight is 432 g/mol. The summed E-state index contributed by atoms with van der Waals surface area (Å²) in [5.41, 5.74) is 9.84. The van der Waals surface area contributed by atoms with Crippen molar-refractivity contribution in [3.8, 4) is 23.7 Å². The lowest BCUT2D eigenvalue weighted by Crippen LogP contribution is -2.15. The summed E-state index contributed by atoms with van der Waals surface area (Å²) in [6.45, 7) is 8.00. The molecule has 0 saturated heterocycles. The van der Waals surface area contributed by atoms with Crippen LogP contribution in [0.2, 0.25) is 0 Å². The van der Waals surface area contributed by atoms with E-state index >= 15 is 0 Å². The summed E-state index contributed by atoms with van der Waals surface area (Å²) in [6.07, 6.45) is 8.28. The van der Waals surface area contributed by atoms with Crippen molar-refractivity contribution in [1.82, 2.24) is 20.0 Å². The maximum atomic E-state index is 9.99. The molecule has 1 aromatic carbocycles. The summed E-state index contributed by atoms with van der Waals surface area (Å²) < 4.78 is 2.25. The van der Waals surface area contributed by atoms with Gasteiger partial charge in [0.2, 0.25) is 0 Å². The molecule has 2 heterocycles. The fourth-order valence-electron chi connectivity index (χ4n) is 4.10. The Morgan fingerprint density at radius 2 is 1.72 bits per heavy atom. The second-order valence-corrected chi connectivity index (χ2v) is 7.00. The second-order valence-electron chi connectivity index (χ2n) is 7.00. The molecule has 2 aromatic heterocycles. The zero-order valence-corrected chi connectivity index (χ0v) is 19.7. The van der Waals surface area contributed by atoms with Crippen molar-refractivity contribution in [2.45, 2.75) is 65.8 Å². The van der Waals surface area contributed by atoms with Crippen molar-refractivity contribution >= 4 is 16.6 Å². The highest BCUT2D eigenvalue weighted by Crippen LogP contribution is 2.40. The quantitative estimate of drug-likeness (QED) is 0.499. The van der Waals surface area contributed by atoms with Crippen LogP contribution in [0.3, 0.4) is 0 Å². The Kier molecular flexibility index (Phi) is 9.66. The highest BCUT2D eigenvalue weighted by Gasteiger charge is 2.27. The summed E-state index contributed by atoms with van der Waals surface area (Å²) in [4.78, 5) is 9.05. The number of nitrogens with one attached hydrogen (secondary N) is 2. The third-order valence-corrected chi connectivity index (χ3v) is 5.29. The predicted molar refractivity (Wildman–Crippen MR) is 130 cm³/mol. The van der Waals surface area contributed by atoms with Crippen LogP contribution in [0.4, 0.5) is 5.69 Å². The first-order chi connectivity index (χ1) is 15.8. The molecule has 1 aliphatic rings. The molecule has 7 heteroatoms. The van der Waals surface area contributed by atoms with Gasteiger partial charge in [0.05, 0.1) is 41.7 Å². The number of rotatable bonds is 5. The maximum absolute atomic E-state index is 9.99. The molecular weight excluding hydrogens is 398 g/mol. The van der Waals surface area contributed by atoms with Crippen LogP contribution in [0.1, 0.15) is 70.5 Å². The van der Waals surface area contributed by atoms with Crippen LogP contribution in [0.15, 0.2) is 30.6 Å². The molecule has 0 unspecified atom stereocenters. The Morgan fingerprint density at radius 3 is 2.28 bits per heavy atom. The molecule has 0 radical (unpaired) electrons. The Bertz CT molecular complexity index is 1080. The van der Waals surface area contributed by atoms with Gasteiger partial charge in [-0.1, -0.05) is 46.6 Å². The van der Waals surface area contributed by atoms with Crippen LogP contribution in [-0.4, -0.2) is 21.6 Å². The van der Waals surface area contributed by atoms with Gasteiger partial charge in [-0.2, -0.15) is 10.5 Å². The predicted octanol–water partition coefficient (Wildman–Crippen LogP) is 5.75. The molecule has 2 N–H and O–H groups in total. The summed E-state index contributed by atoms with van der Waals surface area (Å²) in [5.74, 6) is 0.545. The van der Waals surface area contributed by atoms with Gasteiger partial charge in [-0.05, 0) is 30.5 Å². The van der Waals surface area contributed by atoms with Crippen molar-refractivity contribution in [2.75, 3.05) is 12.5 Å². The van der Waals surface area contributed by atoms with Crippen molar-refractivity contribution in [3.05, 3.63) is 41.7 Å². The molecule has 1 fully saturated rings. The zero-order chi connectivity index (χ0) is 23.5. The lowest BCUT2D eigenvalue weighted by Gasteiger charge is -2.17. The van der Waals surface area contributed by atoms with Gasteiger partial charge in [-0.3, -0.25) is 0 Å². The third-order valence-electron chi connectivity index (χ3n) is 5.29. The summed E-state index contributed by atoms with van der Waals surface area (Å²) in [5, 5.41) is 19.9. The van der Waals surface area contributed by atoms with Gasteiger partial charge >= 0.3 is 0 Å². The van der Waals surface area contributed by atoms with Gasteiger partial charge < -0.3 is 9.99 Å². The van der Waals surface area contributed by atoms with E-state index in [4.69, 9.17) is 5.26 Å². The highest BCUT2D eigenvalue weighted by molar-refractivity contribution is 5.94. The van der Waals surface area contributed by atoms with Gasteiger partial charge in [-0.15, -0.1) is 0 Å². The molecule has 0 amide bonds. The van der Waals surface area contributed by atoms with Crippen molar-refractivity contribution in [3.63, 3.8) is 0 Å². The molecule has 0 aliphatic heterocycles. The van der Waals surface area contributed by atoms with E-state index < -0.39 is 0 Å². The van der Waals surface area contributed by atoms with E-state index in [1.54, 1.807) is 19.4 Å². The Hall–Kier alpha value is -3.42. The van der Waals surface area contributed by atoms with Crippen molar-refractivity contribution in [2.24, 2.45) is 0 Å². The molecule has 4 rings (SSSR count). The molecule has 0 bridgehead atoms. The number of hydrogen-bond donors (Lipinski definition) is 2. The van der Waals surface area contributed by atoms with E-state index in [1.165, 1.54) is 12.8 Å². The molecule has 7 nitrogen and oxygen atoms in total. The minimum Gasteiger partial charge on any atom is -0.334 e. The topological polar surface area (TPSA) is 102 Å². The first-order valence-corrected chi connectivity index (χ1v) is 11.5. The normalized spacial score (nSPS) is 12.7. The largest absolute Gasteiger partial charge is 0.334 e. The third kappa shape index (κ3) is 5.07. The van der Waals surface area contributed by atoms with Crippen LogP contribution in [0.25, 0.3) is 22.4 Å². The van der Waals surface area contributed by atoms with Gasteiger partial charge in [-0.25, -0.2) is 15.4 Å². The van der Waals surface area contributed by atoms with E-state index in [1.807, 2.05) is 45.9 Å². The first kappa shape index (κ1) is 24.8. The van der Waals surface area contributed by atoms with Crippen LogP contribution in [0, 0.1) is 22.7 Å². The number of aromatic nitrogens is 3. The van der Waals surface area contributed by atoms with Gasteiger partial charge in [0.25, 0.3) is 0 Å². The Balaban J connectivity index is 0.000000860. The monoisotopic (exact) mass is 431 g/mol. The Labute approximate surface area is 191 Å². The second kappa shape index (κ2) is 12.4. The lowest BCUT2D eigenvalue weighted by molar-refractivity contribution is 0.539. The molecule has 3 aromatic rings. The first-order valence-electron chi connectivity index (χ1n) is 11.5. The van der Waals surface area contributed by atoms with Gasteiger partial charge in [0.1, 0.15) is 11.8 Å². The van der Waals surface area contributed by atoms with E-state index in [2.05, 4.69) is 37.5 Å². The number of hydrazine groups is 1. The molecular formula is C25H33N7. The Morgan fingerprint density at radius 1 is 1.06 bits per heavy atom. The van der Waals surface area contributed by atoms with Gasteiger partial charge in [0, 0.05) is 18.5 Å². The number of nitrogens with zero attached hydrogens (tertiary/aromatic N) is 5. The molecule has 0 spiro atoms. The van der Waals surface area contributed by atoms with E-state index in [9.17, 15) is 5.26 Å². The number of hydrogen-bond acceptors (Lipinski definition) is 6. The smallest absolute Gasteiger partial charge is 0.177 e. The number of fused-ring (bicyclic) bond motifs is 1. The fraction of sp³-hybridized carbons (Fsp3) is 0.440. The van der Waals surface area contributed by atoms with Gasteiger partial charge in [0.15, 0.2) is 5.82 Å². The molecule has 168 valence electrons. The molecule has 0 atom stereocenters. The van der Waals surface area contributed by atoms with Crippen LogP contribution in [0.5, 0.6) is 0 Å². The minimum absolute atomic E-state index is 0.325. The van der Waals surface area contributed by atoms with E-state index in [0.717, 1.165) is 40.7 Å². The maximum Gasteiger partial charge on any atom is 0.177 e.